The van der Waals surface area contributed by atoms with E-state index in [4.69, 9.17) is 0 Å². The van der Waals surface area contributed by atoms with Gasteiger partial charge in [-0.3, -0.25) is 0 Å². The van der Waals surface area contributed by atoms with Crippen molar-refractivity contribution in [2.24, 2.45) is 0 Å². The highest BCUT2D eigenvalue weighted by Gasteiger charge is 1.70. The van der Waals surface area contributed by atoms with Crippen LogP contribution in [-0.2, 0) is 0 Å². The largest absolute Gasteiger partial charge is 0.0764 e. The van der Waals surface area contributed by atoms with Crippen LogP contribution >= 0.6 is 0 Å². The van der Waals surface area contributed by atoms with Gasteiger partial charge in [0.2, 0.25) is 0 Å². The van der Waals surface area contributed by atoms with Crippen LogP contribution in [0, 0.1) is 0 Å². The molecule has 10 heavy (non-hydrogen) atoms. The van der Waals surface area contributed by atoms with Crippen molar-refractivity contribution in [3.63, 3.8) is 0 Å². The molecule has 56 valence electrons. The van der Waals surface area contributed by atoms with Crippen molar-refractivity contribution in [2.45, 2.75) is 27.7 Å². The Bertz CT molecular complexity index is 140. The highest BCUT2D eigenvalue weighted by Crippen LogP contribution is 1.92. The summed E-state index contributed by atoms with van der Waals surface area (Å²) in [5.41, 5.74) is 2.66. The summed E-state index contributed by atoms with van der Waals surface area (Å²) in [6.07, 6.45) is 8.31. The zero-order valence-electron chi connectivity index (χ0n) is 7.31. The van der Waals surface area contributed by atoms with Crippen LogP contribution in [0.3, 0.4) is 0 Å². The molecule has 0 aliphatic heterocycles. The van der Waals surface area contributed by atoms with Gasteiger partial charge in [-0.05, 0) is 27.7 Å². The van der Waals surface area contributed by atoms with Crippen molar-refractivity contribution in [1.82, 2.24) is 0 Å². The topological polar surface area (TPSA) is 0 Å². The van der Waals surface area contributed by atoms with Crippen LogP contribution in [-0.4, -0.2) is 0 Å². The summed E-state index contributed by atoms with van der Waals surface area (Å²) in [6, 6.07) is 0. The second kappa shape index (κ2) is 5.04. The van der Waals surface area contributed by atoms with E-state index in [2.05, 4.69) is 52.0 Å². The van der Waals surface area contributed by atoms with E-state index in [0.717, 1.165) is 0 Å². The summed E-state index contributed by atoms with van der Waals surface area (Å²) < 4.78 is 0. The highest BCUT2D eigenvalue weighted by atomic mass is 13.8. The molecule has 0 nitrogen and oxygen atoms in total. The maximum absolute atomic E-state index is 2.10. The van der Waals surface area contributed by atoms with Gasteiger partial charge >= 0.3 is 0 Å². The molecule has 0 aromatic rings. The summed E-state index contributed by atoms with van der Waals surface area (Å²) in [6.45, 7) is 8.36. The van der Waals surface area contributed by atoms with E-state index < -0.39 is 0 Å². The van der Waals surface area contributed by atoms with Gasteiger partial charge in [-0.25, -0.2) is 0 Å². The molecule has 0 radical (unpaired) electrons. The molecule has 0 aliphatic carbocycles. The molecule has 0 bridgehead atoms. The lowest BCUT2D eigenvalue weighted by atomic mass is 10.3. The Labute approximate surface area is 64.0 Å². The van der Waals surface area contributed by atoms with E-state index in [0.29, 0.717) is 0 Å². The minimum Gasteiger partial charge on any atom is -0.0764 e. The van der Waals surface area contributed by atoms with Gasteiger partial charge in [-0.15, -0.1) is 0 Å². The van der Waals surface area contributed by atoms with E-state index in [1.54, 1.807) is 0 Å². The van der Waals surface area contributed by atoms with Crippen LogP contribution < -0.4 is 0 Å². The summed E-state index contributed by atoms with van der Waals surface area (Å²) >= 11 is 0. The van der Waals surface area contributed by atoms with Crippen molar-refractivity contribution < 1.29 is 0 Å². The van der Waals surface area contributed by atoms with Gasteiger partial charge in [-0.1, -0.05) is 35.5 Å². The fourth-order valence-electron chi connectivity index (χ4n) is 0.496. The van der Waals surface area contributed by atoms with Crippen LogP contribution in [0.15, 0.2) is 35.5 Å². The third-order valence-corrected chi connectivity index (χ3v) is 0.970. The Kier molecular flexibility index (Phi) is 4.65. The number of hydrogen-bond acceptors (Lipinski definition) is 0. The van der Waals surface area contributed by atoms with Crippen molar-refractivity contribution in [3.05, 3.63) is 35.5 Å². The number of hydrogen-bond donors (Lipinski definition) is 0. The molecule has 0 spiro atoms. The van der Waals surface area contributed by atoms with Gasteiger partial charge in [0, 0.05) is 0 Å². The van der Waals surface area contributed by atoms with Crippen molar-refractivity contribution in [1.29, 1.82) is 0 Å². The summed E-state index contributed by atoms with van der Waals surface area (Å²) in [7, 11) is 0. The van der Waals surface area contributed by atoms with Crippen LogP contribution in [0.25, 0.3) is 0 Å². The SMILES string of the molecule is CC(C)=CC=CC=C(C)C. The fourth-order valence-corrected chi connectivity index (χ4v) is 0.496. The monoisotopic (exact) mass is 136 g/mol. The maximum Gasteiger partial charge on any atom is -0.0439 e. The van der Waals surface area contributed by atoms with E-state index in [1.165, 1.54) is 11.1 Å². The van der Waals surface area contributed by atoms with E-state index in [-0.39, 0.29) is 0 Å². The second-order valence-electron chi connectivity index (χ2n) is 2.87. The fraction of sp³-hybridized carbons (Fsp3) is 0.400. The molecule has 0 unspecified atom stereocenters. The first-order valence-electron chi connectivity index (χ1n) is 3.58. The van der Waals surface area contributed by atoms with Gasteiger partial charge in [0.15, 0.2) is 0 Å². The van der Waals surface area contributed by atoms with Gasteiger partial charge in [0.05, 0.1) is 0 Å². The molecule has 0 amide bonds. The van der Waals surface area contributed by atoms with Crippen molar-refractivity contribution in [3.8, 4) is 0 Å². The third-order valence-electron chi connectivity index (χ3n) is 0.970. The molecule has 0 rings (SSSR count). The number of allylic oxidation sites excluding steroid dienone is 6. The minimum absolute atomic E-state index is 1.33. The average molecular weight is 136 g/mol. The van der Waals surface area contributed by atoms with Gasteiger partial charge in [0.25, 0.3) is 0 Å². The molecule has 0 heterocycles. The van der Waals surface area contributed by atoms with Crippen molar-refractivity contribution >= 4 is 0 Å². The quantitative estimate of drug-likeness (QED) is 0.510. The van der Waals surface area contributed by atoms with E-state index in [9.17, 15) is 0 Å². The lowest BCUT2D eigenvalue weighted by molar-refractivity contribution is 1.38. The third kappa shape index (κ3) is 7.22. The Morgan fingerprint density at radius 3 is 1.20 bits per heavy atom. The standard InChI is InChI=1S/C10H16/c1-9(2)7-5-6-8-10(3)4/h5-8H,1-4H3. The molecule has 0 saturated carbocycles. The smallest absolute Gasteiger partial charge is 0.0439 e. The first-order valence-corrected chi connectivity index (χ1v) is 3.58. The van der Waals surface area contributed by atoms with E-state index in [1.807, 2.05) is 0 Å². The minimum atomic E-state index is 1.33. The zero-order chi connectivity index (χ0) is 7.98. The lowest BCUT2D eigenvalue weighted by Gasteiger charge is -1.82. The Balaban J connectivity index is 3.80. The highest BCUT2D eigenvalue weighted by molar-refractivity contribution is 5.16. The predicted molar refractivity (Wildman–Crippen MR) is 48.0 cm³/mol. The average Bonchev–Trinajstić information content (AvgIpc) is 1.79. The van der Waals surface area contributed by atoms with E-state index >= 15 is 0 Å². The molecular formula is C10H16. The molecule has 0 aromatic heterocycles. The predicted octanol–water partition coefficient (Wildman–Crippen LogP) is 3.48. The number of rotatable bonds is 2. The second-order valence-corrected chi connectivity index (χ2v) is 2.87. The van der Waals surface area contributed by atoms with Gasteiger partial charge in [-0.2, -0.15) is 0 Å². The normalized spacial score (nSPS) is 9.60. The molecule has 0 heteroatoms. The summed E-state index contributed by atoms with van der Waals surface area (Å²) in [5.74, 6) is 0. The Morgan fingerprint density at radius 2 is 1.00 bits per heavy atom. The first-order chi connectivity index (χ1) is 4.63. The first kappa shape index (κ1) is 9.22. The van der Waals surface area contributed by atoms with Crippen molar-refractivity contribution in [2.75, 3.05) is 0 Å². The molecule has 0 N–H and O–H groups in total. The van der Waals surface area contributed by atoms with Crippen LogP contribution in [0.4, 0.5) is 0 Å². The summed E-state index contributed by atoms with van der Waals surface area (Å²) in [5, 5.41) is 0. The lowest BCUT2D eigenvalue weighted by Crippen LogP contribution is -1.60. The van der Waals surface area contributed by atoms with Crippen LogP contribution in [0.2, 0.25) is 0 Å². The van der Waals surface area contributed by atoms with Crippen LogP contribution in [0.5, 0.6) is 0 Å². The molecule has 0 fully saturated rings. The molecular weight excluding hydrogens is 120 g/mol. The van der Waals surface area contributed by atoms with Gasteiger partial charge < -0.3 is 0 Å². The Hall–Kier alpha value is -0.780. The molecule has 0 aliphatic rings. The van der Waals surface area contributed by atoms with Crippen LogP contribution in [0.1, 0.15) is 27.7 Å². The van der Waals surface area contributed by atoms with Gasteiger partial charge in [0.1, 0.15) is 0 Å². The Morgan fingerprint density at radius 1 is 0.700 bits per heavy atom. The molecule has 0 saturated heterocycles. The molecule has 0 atom stereocenters. The molecule has 0 aromatic carbocycles. The zero-order valence-corrected chi connectivity index (χ0v) is 7.31. The maximum atomic E-state index is 2.10. The summed E-state index contributed by atoms with van der Waals surface area (Å²) in [4.78, 5) is 0.